The molecule has 0 aliphatic heterocycles. The molecule has 1 rings (SSSR count). The summed E-state index contributed by atoms with van der Waals surface area (Å²) < 4.78 is 0. The van der Waals surface area contributed by atoms with Crippen LogP contribution in [-0.4, -0.2) is 11.9 Å². The zero-order chi connectivity index (χ0) is 13.9. The van der Waals surface area contributed by atoms with Crippen LogP contribution < -0.4 is 11.1 Å². The summed E-state index contributed by atoms with van der Waals surface area (Å²) in [5, 5.41) is 3.35. The van der Waals surface area contributed by atoms with Gasteiger partial charge >= 0.3 is 0 Å². The summed E-state index contributed by atoms with van der Waals surface area (Å²) >= 11 is 0. The molecule has 18 heavy (non-hydrogen) atoms. The van der Waals surface area contributed by atoms with Gasteiger partial charge < -0.3 is 5.73 Å². The van der Waals surface area contributed by atoms with E-state index in [1.54, 1.807) is 0 Å². The molecule has 3 nitrogen and oxygen atoms in total. The number of hydrogen-bond acceptors (Lipinski definition) is 2. The zero-order valence-electron chi connectivity index (χ0n) is 12.0. The normalized spacial score (nSPS) is 16.1. The summed E-state index contributed by atoms with van der Waals surface area (Å²) in [7, 11) is 0. The molecule has 100 valence electrons. The monoisotopic (exact) mass is 248 g/mol. The Morgan fingerprint density at radius 3 is 2.56 bits per heavy atom. The average molecular weight is 248 g/mol. The Balaban J connectivity index is 3.26. The van der Waals surface area contributed by atoms with Crippen molar-refractivity contribution in [1.29, 1.82) is 0 Å². The first kappa shape index (κ1) is 14.7. The molecule has 1 amide bonds. The Hall–Kier alpha value is -1.35. The van der Waals surface area contributed by atoms with E-state index in [1.807, 2.05) is 39.0 Å². The second-order valence-electron chi connectivity index (χ2n) is 5.26. The molecule has 0 heterocycles. The predicted molar refractivity (Wildman–Crippen MR) is 75.4 cm³/mol. The lowest BCUT2D eigenvalue weighted by Crippen LogP contribution is -2.53. The largest absolute Gasteiger partial charge is 0.368 e. The van der Waals surface area contributed by atoms with Gasteiger partial charge in [0.2, 0.25) is 5.91 Å². The number of nitrogens with one attached hydrogen (secondary N) is 1. The number of amides is 1. The Morgan fingerprint density at radius 1 is 1.44 bits per heavy atom. The highest BCUT2D eigenvalue weighted by Gasteiger charge is 2.35. The van der Waals surface area contributed by atoms with Gasteiger partial charge in [0.05, 0.1) is 0 Å². The number of primary amides is 1. The fourth-order valence-electron chi connectivity index (χ4n) is 2.15. The highest BCUT2D eigenvalue weighted by Crippen LogP contribution is 2.26. The van der Waals surface area contributed by atoms with Crippen molar-refractivity contribution in [3.05, 3.63) is 34.9 Å². The molecule has 0 aliphatic rings. The van der Waals surface area contributed by atoms with E-state index in [9.17, 15) is 4.79 Å². The average Bonchev–Trinajstić information content (AvgIpc) is 2.31. The third-order valence-corrected chi connectivity index (χ3v) is 3.57. The number of carbonyl (C=O) groups excluding carboxylic acids is 1. The number of nitrogens with two attached hydrogens (primary N) is 1. The summed E-state index contributed by atoms with van der Waals surface area (Å²) in [4.78, 5) is 11.9. The molecule has 0 aliphatic carbocycles. The van der Waals surface area contributed by atoms with Crippen LogP contribution >= 0.6 is 0 Å². The van der Waals surface area contributed by atoms with Crippen molar-refractivity contribution >= 4 is 5.91 Å². The minimum atomic E-state index is -0.814. The van der Waals surface area contributed by atoms with Gasteiger partial charge in [0.1, 0.15) is 5.54 Å². The van der Waals surface area contributed by atoms with Crippen LogP contribution in [0, 0.1) is 13.8 Å². The maximum Gasteiger partial charge on any atom is 0.242 e. The molecule has 0 saturated carbocycles. The summed E-state index contributed by atoms with van der Waals surface area (Å²) in [6.07, 6.45) is 0.952. The van der Waals surface area contributed by atoms with Gasteiger partial charge in [0, 0.05) is 6.04 Å². The molecule has 1 aromatic rings. The fourth-order valence-corrected chi connectivity index (χ4v) is 2.15. The number of carbonyl (C=O) groups is 1. The van der Waals surface area contributed by atoms with Crippen LogP contribution in [0.15, 0.2) is 18.2 Å². The highest BCUT2D eigenvalue weighted by atomic mass is 16.1. The van der Waals surface area contributed by atoms with Crippen molar-refractivity contribution in [1.82, 2.24) is 5.32 Å². The Morgan fingerprint density at radius 2 is 2.06 bits per heavy atom. The summed E-state index contributed by atoms with van der Waals surface area (Å²) in [6, 6.07) is 6.35. The van der Waals surface area contributed by atoms with Crippen LogP contribution in [0.4, 0.5) is 0 Å². The van der Waals surface area contributed by atoms with Gasteiger partial charge in [-0.1, -0.05) is 30.7 Å². The number of hydrogen-bond donors (Lipinski definition) is 2. The smallest absolute Gasteiger partial charge is 0.242 e. The van der Waals surface area contributed by atoms with Crippen LogP contribution in [0.1, 0.15) is 43.9 Å². The molecule has 0 radical (unpaired) electrons. The minimum absolute atomic E-state index is 0.238. The first-order chi connectivity index (χ1) is 8.31. The van der Waals surface area contributed by atoms with Gasteiger partial charge in [-0.25, -0.2) is 0 Å². The lowest BCUT2D eigenvalue weighted by Gasteiger charge is -2.32. The maximum atomic E-state index is 11.9. The molecular formula is C15H24N2O. The number of rotatable bonds is 5. The molecule has 1 aromatic carbocycles. The first-order valence-electron chi connectivity index (χ1n) is 6.46. The topological polar surface area (TPSA) is 55.1 Å². The van der Waals surface area contributed by atoms with Crippen LogP contribution in [0.25, 0.3) is 0 Å². The van der Waals surface area contributed by atoms with Crippen molar-refractivity contribution in [2.75, 3.05) is 0 Å². The van der Waals surface area contributed by atoms with Gasteiger partial charge in [-0.15, -0.1) is 0 Å². The molecule has 0 saturated heterocycles. The van der Waals surface area contributed by atoms with Gasteiger partial charge in [0.25, 0.3) is 0 Å². The Labute approximate surface area is 110 Å². The molecule has 2 unspecified atom stereocenters. The highest BCUT2D eigenvalue weighted by molar-refractivity contribution is 5.86. The van der Waals surface area contributed by atoms with E-state index in [-0.39, 0.29) is 11.9 Å². The molecule has 0 aromatic heterocycles. The van der Waals surface area contributed by atoms with E-state index in [4.69, 9.17) is 5.73 Å². The van der Waals surface area contributed by atoms with E-state index >= 15 is 0 Å². The quantitative estimate of drug-likeness (QED) is 0.840. The van der Waals surface area contributed by atoms with E-state index in [0.717, 1.165) is 23.1 Å². The standard InChI is InChI=1S/C15H24N2O/c1-6-12(4)17-15(5,14(16)18)13-9-10(2)7-8-11(13)3/h7-9,12,17H,6H2,1-5H3,(H2,16,18). The van der Waals surface area contributed by atoms with Crippen LogP contribution in [0.5, 0.6) is 0 Å². The van der Waals surface area contributed by atoms with Gasteiger partial charge in [-0.2, -0.15) is 0 Å². The zero-order valence-corrected chi connectivity index (χ0v) is 12.0. The van der Waals surface area contributed by atoms with Crippen molar-refractivity contribution in [2.24, 2.45) is 5.73 Å². The van der Waals surface area contributed by atoms with Gasteiger partial charge in [0.15, 0.2) is 0 Å². The number of aryl methyl sites for hydroxylation is 2. The van der Waals surface area contributed by atoms with Crippen LogP contribution in [0.3, 0.4) is 0 Å². The van der Waals surface area contributed by atoms with Crippen molar-refractivity contribution < 1.29 is 4.79 Å². The Kier molecular flexibility index (Phi) is 4.52. The summed E-state index contributed by atoms with van der Waals surface area (Å²) in [5.41, 5.74) is 7.99. The lowest BCUT2D eigenvalue weighted by atomic mass is 9.86. The summed E-state index contributed by atoms with van der Waals surface area (Å²) in [5.74, 6) is -0.337. The second kappa shape index (κ2) is 5.53. The van der Waals surface area contributed by atoms with Crippen molar-refractivity contribution in [3.8, 4) is 0 Å². The first-order valence-corrected chi connectivity index (χ1v) is 6.46. The van der Waals surface area contributed by atoms with E-state index < -0.39 is 5.54 Å². The predicted octanol–water partition coefficient (Wildman–Crippen LogP) is 2.39. The van der Waals surface area contributed by atoms with Crippen molar-refractivity contribution in [2.45, 2.75) is 52.6 Å². The van der Waals surface area contributed by atoms with E-state index in [1.165, 1.54) is 0 Å². The maximum absolute atomic E-state index is 11.9. The van der Waals surface area contributed by atoms with Crippen molar-refractivity contribution in [3.63, 3.8) is 0 Å². The molecule has 3 N–H and O–H groups in total. The SMILES string of the molecule is CCC(C)NC(C)(C(N)=O)c1cc(C)ccc1C. The molecule has 3 heteroatoms. The molecule has 2 atom stereocenters. The van der Waals surface area contributed by atoms with E-state index in [0.29, 0.717) is 0 Å². The fraction of sp³-hybridized carbons (Fsp3) is 0.533. The lowest BCUT2D eigenvalue weighted by molar-refractivity contribution is -0.124. The molecule has 0 bridgehead atoms. The van der Waals surface area contributed by atoms with Gasteiger partial charge in [-0.05, 0) is 45.2 Å². The van der Waals surface area contributed by atoms with Crippen LogP contribution in [-0.2, 0) is 10.3 Å². The molecule has 0 spiro atoms. The number of benzene rings is 1. The van der Waals surface area contributed by atoms with Gasteiger partial charge in [-0.3, -0.25) is 10.1 Å². The molecular weight excluding hydrogens is 224 g/mol. The minimum Gasteiger partial charge on any atom is -0.368 e. The second-order valence-corrected chi connectivity index (χ2v) is 5.26. The summed E-state index contributed by atoms with van der Waals surface area (Å²) in [6.45, 7) is 10.0. The molecule has 0 fully saturated rings. The third-order valence-electron chi connectivity index (χ3n) is 3.57. The third kappa shape index (κ3) is 2.91. The van der Waals surface area contributed by atoms with E-state index in [2.05, 4.69) is 19.2 Å². The Bertz CT molecular complexity index is 442. The van der Waals surface area contributed by atoms with Crippen LogP contribution in [0.2, 0.25) is 0 Å².